The van der Waals surface area contributed by atoms with Crippen LogP contribution in [0, 0.1) is 33.5 Å². The number of Topliss-reactive ketones (excluding diaryl/α,β-unsaturated/α-hetero) is 1. The van der Waals surface area contributed by atoms with Gasteiger partial charge in [-0.3, -0.25) is 9.59 Å². The average Bonchev–Trinajstić information content (AvgIpc) is 3.27. The first kappa shape index (κ1) is 27.3. The summed E-state index contributed by atoms with van der Waals surface area (Å²) in [5, 5.41) is 21.3. The molecule has 3 fully saturated rings. The van der Waals surface area contributed by atoms with Crippen molar-refractivity contribution in [2.45, 2.75) is 130 Å². The zero-order valence-electron chi connectivity index (χ0n) is 24.0. The largest absolute Gasteiger partial charge is 0.459 e. The highest BCUT2D eigenvalue weighted by Gasteiger charge is 2.74. The minimum atomic E-state index is -0.697. The van der Waals surface area contributed by atoms with Crippen LogP contribution in [0.1, 0.15) is 106 Å². The molecule has 0 aromatic heterocycles. The van der Waals surface area contributed by atoms with Gasteiger partial charge in [0.15, 0.2) is 11.9 Å². The van der Waals surface area contributed by atoms with Crippen molar-refractivity contribution in [3.05, 3.63) is 11.1 Å². The van der Waals surface area contributed by atoms with Gasteiger partial charge in [0.05, 0.1) is 18.3 Å². The van der Waals surface area contributed by atoms with Gasteiger partial charge in [-0.25, -0.2) is 0 Å². The molecular weight excluding hydrogens is 468 g/mol. The van der Waals surface area contributed by atoms with Crippen LogP contribution in [0.4, 0.5) is 0 Å². The maximum Gasteiger partial charge on any atom is 0.303 e. The van der Waals surface area contributed by atoms with Gasteiger partial charge >= 0.3 is 5.97 Å². The molecular formula is C31H48O6. The van der Waals surface area contributed by atoms with Crippen molar-refractivity contribution < 1.29 is 29.3 Å². The smallest absolute Gasteiger partial charge is 0.303 e. The van der Waals surface area contributed by atoms with E-state index in [0.29, 0.717) is 6.42 Å². The van der Waals surface area contributed by atoms with Crippen LogP contribution >= 0.6 is 0 Å². The lowest BCUT2D eigenvalue weighted by atomic mass is 9.42. The number of allylic oxidation sites excluding steroid dienone is 2. The summed E-state index contributed by atoms with van der Waals surface area (Å²) in [6, 6.07) is 0. The molecule has 0 aromatic rings. The average molecular weight is 517 g/mol. The predicted molar refractivity (Wildman–Crippen MR) is 141 cm³/mol. The Kier molecular flexibility index (Phi) is 6.37. The number of aliphatic hydroxyl groups is 2. The van der Waals surface area contributed by atoms with Crippen molar-refractivity contribution in [1.29, 1.82) is 0 Å². The number of hydrogen-bond donors (Lipinski definition) is 2. The van der Waals surface area contributed by atoms with Crippen molar-refractivity contribution in [3.63, 3.8) is 0 Å². The van der Waals surface area contributed by atoms with Crippen LogP contribution in [0.25, 0.3) is 0 Å². The van der Waals surface area contributed by atoms with Gasteiger partial charge in [0.2, 0.25) is 0 Å². The molecule has 10 atom stereocenters. The van der Waals surface area contributed by atoms with E-state index in [4.69, 9.17) is 9.47 Å². The molecule has 37 heavy (non-hydrogen) atoms. The van der Waals surface area contributed by atoms with E-state index in [1.807, 2.05) is 6.92 Å². The highest BCUT2D eigenvalue weighted by Crippen LogP contribution is 2.75. The van der Waals surface area contributed by atoms with Gasteiger partial charge in [-0.2, -0.15) is 0 Å². The summed E-state index contributed by atoms with van der Waals surface area (Å²) in [5.74, 6) is -0.152. The van der Waals surface area contributed by atoms with E-state index in [1.54, 1.807) is 11.1 Å². The lowest BCUT2D eigenvalue weighted by molar-refractivity contribution is -0.166. The van der Waals surface area contributed by atoms with Crippen molar-refractivity contribution in [2.24, 2.45) is 33.5 Å². The van der Waals surface area contributed by atoms with E-state index in [9.17, 15) is 19.8 Å². The number of aliphatic hydroxyl groups excluding tert-OH is 2. The second kappa shape index (κ2) is 8.63. The first-order chi connectivity index (χ1) is 17.3. The maximum absolute atomic E-state index is 13.0. The minimum Gasteiger partial charge on any atom is -0.459 e. The van der Waals surface area contributed by atoms with E-state index in [1.165, 1.54) is 6.92 Å². The summed E-state index contributed by atoms with van der Waals surface area (Å²) in [6.07, 6.45) is 6.11. The second-order valence-electron chi connectivity index (χ2n) is 14.0. The summed E-state index contributed by atoms with van der Waals surface area (Å²) >= 11 is 0. The van der Waals surface area contributed by atoms with E-state index in [0.717, 1.165) is 51.4 Å². The highest BCUT2D eigenvalue weighted by molar-refractivity contribution is 5.84. The van der Waals surface area contributed by atoms with Crippen LogP contribution in [0.5, 0.6) is 0 Å². The van der Waals surface area contributed by atoms with Gasteiger partial charge in [0, 0.05) is 30.1 Å². The highest BCUT2D eigenvalue weighted by atomic mass is 16.6. The molecule has 0 aromatic carbocycles. The molecule has 2 N–H and O–H groups in total. The summed E-state index contributed by atoms with van der Waals surface area (Å²) < 4.78 is 12.7. The number of fused-ring (bicyclic) bond motifs is 5. The molecule has 0 unspecified atom stereocenters. The molecule has 1 saturated heterocycles. The molecule has 5 aliphatic rings. The van der Waals surface area contributed by atoms with Crippen molar-refractivity contribution >= 4 is 11.8 Å². The Bertz CT molecular complexity index is 1020. The Morgan fingerprint density at radius 2 is 1.73 bits per heavy atom. The van der Waals surface area contributed by atoms with Gasteiger partial charge in [0.25, 0.3) is 0 Å². The summed E-state index contributed by atoms with van der Waals surface area (Å²) in [5.41, 5.74) is 1.87. The molecule has 6 nitrogen and oxygen atoms in total. The van der Waals surface area contributed by atoms with Crippen LogP contribution in [0.2, 0.25) is 0 Å². The van der Waals surface area contributed by atoms with Gasteiger partial charge in [-0.05, 0) is 68.1 Å². The fourth-order valence-electron chi connectivity index (χ4n) is 10.4. The number of hydrogen-bond acceptors (Lipinski definition) is 6. The zero-order chi connectivity index (χ0) is 27.2. The third kappa shape index (κ3) is 3.27. The Morgan fingerprint density at radius 3 is 2.35 bits per heavy atom. The molecule has 0 amide bonds. The molecule has 0 bridgehead atoms. The molecule has 1 spiro atoms. The molecule has 6 heteroatoms. The number of esters is 1. The molecule has 4 aliphatic carbocycles. The zero-order valence-corrected chi connectivity index (χ0v) is 24.0. The molecule has 2 saturated carbocycles. The lowest BCUT2D eigenvalue weighted by Gasteiger charge is -2.63. The first-order valence-corrected chi connectivity index (χ1v) is 14.7. The summed E-state index contributed by atoms with van der Waals surface area (Å²) in [4.78, 5) is 25.1. The summed E-state index contributed by atoms with van der Waals surface area (Å²) in [7, 11) is 0. The van der Waals surface area contributed by atoms with Crippen LogP contribution in [-0.2, 0) is 19.1 Å². The van der Waals surface area contributed by atoms with Crippen molar-refractivity contribution in [2.75, 3.05) is 6.61 Å². The third-order valence-corrected chi connectivity index (χ3v) is 12.9. The van der Waals surface area contributed by atoms with E-state index in [-0.39, 0.29) is 46.4 Å². The molecule has 208 valence electrons. The number of carbonyl (C=O) groups is 2. The Balaban J connectivity index is 1.57. The fraction of sp³-hybridized carbons (Fsp3) is 0.871. The number of rotatable bonds is 4. The van der Waals surface area contributed by atoms with Crippen molar-refractivity contribution in [3.8, 4) is 0 Å². The third-order valence-electron chi connectivity index (χ3n) is 12.9. The van der Waals surface area contributed by atoms with E-state index in [2.05, 4.69) is 34.6 Å². The molecule has 5 rings (SSSR count). The maximum atomic E-state index is 13.0. The van der Waals surface area contributed by atoms with Crippen LogP contribution in [0.3, 0.4) is 0 Å². The lowest BCUT2D eigenvalue weighted by Crippen LogP contribution is -2.59. The first-order valence-electron chi connectivity index (χ1n) is 14.7. The minimum absolute atomic E-state index is 0.0139. The number of ketones is 1. The van der Waals surface area contributed by atoms with Gasteiger partial charge in [-0.15, -0.1) is 0 Å². The normalized spacial score (nSPS) is 51.0. The van der Waals surface area contributed by atoms with Gasteiger partial charge in [0.1, 0.15) is 6.10 Å². The molecule has 1 aliphatic heterocycles. The van der Waals surface area contributed by atoms with Crippen LogP contribution in [0.15, 0.2) is 11.1 Å². The number of ether oxygens (including phenoxy) is 2. The van der Waals surface area contributed by atoms with Crippen molar-refractivity contribution in [1.82, 2.24) is 0 Å². The Morgan fingerprint density at radius 1 is 1.03 bits per heavy atom. The summed E-state index contributed by atoms with van der Waals surface area (Å²) in [6.45, 7) is 14.7. The van der Waals surface area contributed by atoms with Crippen LogP contribution < -0.4 is 0 Å². The van der Waals surface area contributed by atoms with E-state index >= 15 is 0 Å². The molecule has 1 heterocycles. The monoisotopic (exact) mass is 516 g/mol. The van der Waals surface area contributed by atoms with E-state index < -0.39 is 29.3 Å². The van der Waals surface area contributed by atoms with Crippen LogP contribution in [-0.4, -0.2) is 52.5 Å². The fourth-order valence-corrected chi connectivity index (χ4v) is 10.4. The Labute approximate surface area is 222 Å². The molecule has 0 radical (unpaired) electrons. The number of carbonyl (C=O) groups excluding carboxylic acids is 2. The van der Waals surface area contributed by atoms with Gasteiger partial charge < -0.3 is 19.7 Å². The second-order valence-corrected chi connectivity index (χ2v) is 14.0. The standard InChI is InChI=1S/C31H48O6/c1-8-22(34)26-25(36-19(3)33)18(2)31(37-26)16-15-29(6)21-9-10-23-27(4,20(21)11-14-30(29,31)7)13-12-24(35)28(23,5)17-32/h18,23-26,32,35H,8-17H2,1-7H3/t18-,23-,24+,25-,26-,27-,28-,29+,30+,31+/m1/s1. The van der Waals surface area contributed by atoms with Gasteiger partial charge in [-0.1, -0.05) is 52.7 Å². The quantitative estimate of drug-likeness (QED) is 0.397. The SMILES string of the molecule is CCC(=O)[C@H]1O[C@@]2(CC[C@@]3(C)C4=C(CC[C@@]32C)[C@@]2(C)CC[C@H](O)[C@](C)(CO)[C@@H]2CC4)[C@H](C)[C@H]1OC(C)=O. The Hall–Kier alpha value is -1.24. The predicted octanol–water partition coefficient (Wildman–Crippen LogP) is 5.14. The topological polar surface area (TPSA) is 93.1 Å².